The van der Waals surface area contributed by atoms with E-state index in [4.69, 9.17) is 28.9 Å². The summed E-state index contributed by atoms with van der Waals surface area (Å²) >= 11 is 12.5. The molecule has 0 spiro atoms. The number of halogens is 2. The molecule has 0 fully saturated rings. The summed E-state index contributed by atoms with van der Waals surface area (Å²) in [5, 5.41) is 0. The topological polar surface area (TPSA) is 72.2 Å². The molecule has 3 N–H and O–H groups in total. The van der Waals surface area contributed by atoms with Crippen molar-refractivity contribution in [1.82, 2.24) is 0 Å². The Morgan fingerprint density at radius 1 is 1.22 bits per heavy atom. The van der Waals surface area contributed by atoms with E-state index >= 15 is 0 Å². The molecule has 0 atom stereocenters. The van der Waals surface area contributed by atoms with Crippen LogP contribution in [0.4, 0.5) is 11.4 Å². The SMILES string of the molecule is Nc1ccccc1NS(=O)(=O)c1cc(Cl)sc1Cl. The van der Waals surface area contributed by atoms with Gasteiger partial charge in [-0.3, -0.25) is 4.72 Å². The first-order chi connectivity index (χ1) is 8.40. The first-order valence-corrected chi connectivity index (χ1v) is 7.78. The van der Waals surface area contributed by atoms with E-state index in [2.05, 4.69) is 4.72 Å². The minimum Gasteiger partial charge on any atom is -0.397 e. The molecular formula is C10H8Cl2N2O2S2. The highest BCUT2D eigenvalue weighted by Gasteiger charge is 2.21. The van der Waals surface area contributed by atoms with Crippen molar-refractivity contribution in [2.45, 2.75) is 4.90 Å². The van der Waals surface area contributed by atoms with Crippen LogP contribution in [-0.2, 0) is 10.0 Å². The zero-order chi connectivity index (χ0) is 13.3. The van der Waals surface area contributed by atoms with Gasteiger partial charge in [-0.1, -0.05) is 35.3 Å². The molecule has 1 aromatic carbocycles. The fraction of sp³-hybridized carbons (Fsp3) is 0. The molecule has 0 unspecified atom stereocenters. The highest BCUT2D eigenvalue weighted by molar-refractivity contribution is 7.93. The lowest BCUT2D eigenvalue weighted by Gasteiger charge is -2.09. The lowest BCUT2D eigenvalue weighted by molar-refractivity contribution is 0.601. The minimum atomic E-state index is -3.78. The average Bonchev–Trinajstić information content (AvgIpc) is 2.62. The van der Waals surface area contributed by atoms with E-state index in [1.54, 1.807) is 24.3 Å². The molecular weight excluding hydrogens is 315 g/mol. The molecule has 1 heterocycles. The summed E-state index contributed by atoms with van der Waals surface area (Å²) in [4.78, 5) is -0.0533. The molecule has 2 aromatic rings. The standard InChI is InChI=1S/C10H8Cl2N2O2S2/c11-9-5-8(10(12)17-9)18(15,16)14-7-4-2-1-3-6(7)13/h1-5,14H,13H2. The predicted molar refractivity (Wildman–Crippen MR) is 76.0 cm³/mol. The lowest BCUT2D eigenvalue weighted by Crippen LogP contribution is -2.13. The minimum absolute atomic E-state index is 0.0533. The smallest absolute Gasteiger partial charge is 0.264 e. The van der Waals surface area contributed by atoms with Crippen LogP contribution in [0.2, 0.25) is 8.67 Å². The van der Waals surface area contributed by atoms with Crippen LogP contribution in [-0.4, -0.2) is 8.42 Å². The average molecular weight is 323 g/mol. The summed E-state index contributed by atoms with van der Waals surface area (Å²) < 4.78 is 27.0. The van der Waals surface area contributed by atoms with E-state index in [9.17, 15) is 8.42 Å². The zero-order valence-corrected chi connectivity index (χ0v) is 12.0. The van der Waals surface area contributed by atoms with Crippen LogP contribution in [0.5, 0.6) is 0 Å². The largest absolute Gasteiger partial charge is 0.397 e. The van der Waals surface area contributed by atoms with Gasteiger partial charge < -0.3 is 5.73 Å². The Morgan fingerprint density at radius 3 is 2.44 bits per heavy atom. The molecule has 2 rings (SSSR count). The molecule has 0 radical (unpaired) electrons. The van der Waals surface area contributed by atoms with Gasteiger partial charge in [-0.15, -0.1) is 11.3 Å². The summed E-state index contributed by atoms with van der Waals surface area (Å²) in [6.45, 7) is 0. The second kappa shape index (κ2) is 4.97. The van der Waals surface area contributed by atoms with E-state index in [1.807, 2.05) is 0 Å². The van der Waals surface area contributed by atoms with E-state index in [0.29, 0.717) is 15.7 Å². The number of nitrogens with one attached hydrogen (secondary N) is 1. The fourth-order valence-corrected chi connectivity index (χ4v) is 4.54. The molecule has 4 nitrogen and oxygen atoms in total. The van der Waals surface area contributed by atoms with Gasteiger partial charge in [-0.05, 0) is 18.2 Å². The van der Waals surface area contributed by atoms with Gasteiger partial charge in [0.25, 0.3) is 10.0 Å². The highest BCUT2D eigenvalue weighted by atomic mass is 35.5. The number of nitrogen functional groups attached to an aromatic ring is 1. The second-order valence-electron chi connectivity index (χ2n) is 3.38. The van der Waals surface area contributed by atoms with Crippen molar-refractivity contribution in [3.05, 3.63) is 39.0 Å². The Labute approximate surface area is 118 Å². The van der Waals surface area contributed by atoms with Crippen molar-refractivity contribution in [2.24, 2.45) is 0 Å². The number of anilines is 2. The van der Waals surface area contributed by atoms with Crippen molar-refractivity contribution >= 4 is 55.9 Å². The summed E-state index contributed by atoms with van der Waals surface area (Å²) in [5.74, 6) is 0. The van der Waals surface area contributed by atoms with Gasteiger partial charge in [-0.2, -0.15) is 0 Å². The number of rotatable bonds is 3. The van der Waals surface area contributed by atoms with Crippen molar-refractivity contribution < 1.29 is 8.42 Å². The summed E-state index contributed by atoms with van der Waals surface area (Å²) in [7, 11) is -3.78. The van der Waals surface area contributed by atoms with Crippen molar-refractivity contribution in [3.63, 3.8) is 0 Å². The Hall–Kier alpha value is -0.950. The molecule has 0 amide bonds. The van der Waals surface area contributed by atoms with Gasteiger partial charge in [0.1, 0.15) is 9.23 Å². The molecule has 0 aliphatic heterocycles. The Kier molecular flexibility index (Phi) is 3.72. The van der Waals surface area contributed by atoms with Crippen molar-refractivity contribution in [2.75, 3.05) is 10.5 Å². The van der Waals surface area contributed by atoms with E-state index in [-0.39, 0.29) is 9.23 Å². The van der Waals surface area contributed by atoms with E-state index in [1.165, 1.54) is 6.07 Å². The third-order valence-corrected chi connectivity index (χ3v) is 5.24. The van der Waals surface area contributed by atoms with Gasteiger partial charge in [0.15, 0.2) is 0 Å². The number of para-hydroxylation sites is 2. The normalized spacial score (nSPS) is 11.4. The number of thiophene rings is 1. The van der Waals surface area contributed by atoms with E-state index in [0.717, 1.165) is 11.3 Å². The number of nitrogens with two attached hydrogens (primary N) is 1. The molecule has 18 heavy (non-hydrogen) atoms. The van der Waals surface area contributed by atoms with Crippen LogP contribution in [0.3, 0.4) is 0 Å². The van der Waals surface area contributed by atoms with Crippen LogP contribution in [0.1, 0.15) is 0 Å². The Bertz CT molecular complexity index is 683. The quantitative estimate of drug-likeness (QED) is 0.850. The summed E-state index contributed by atoms with van der Waals surface area (Å²) in [5.41, 5.74) is 6.30. The van der Waals surface area contributed by atoms with Gasteiger partial charge in [0.2, 0.25) is 0 Å². The van der Waals surface area contributed by atoms with Gasteiger partial charge in [0, 0.05) is 0 Å². The fourth-order valence-electron chi connectivity index (χ4n) is 1.30. The van der Waals surface area contributed by atoms with Crippen molar-refractivity contribution in [1.29, 1.82) is 0 Å². The number of hydrogen-bond acceptors (Lipinski definition) is 4. The summed E-state index contributed by atoms with van der Waals surface area (Å²) in [6, 6.07) is 7.85. The Morgan fingerprint density at radius 2 is 1.89 bits per heavy atom. The van der Waals surface area contributed by atoms with Gasteiger partial charge in [0.05, 0.1) is 15.7 Å². The van der Waals surface area contributed by atoms with Crippen LogP contribution in [0.15, 0.2) is 35.2 Å². The zero-order valence-electron chi connectivity index (χ0n) is 8.85. The summed E-state index contributed by atoms with van der Waals surface area (Å²) in [6.07, 6.45) is 0. The molecule has 0 bridgehead atoms. The molecule has 0 saturated heterocycles. The number of hydrogen-bond donors (Lipinski definition) is 2. The third kappa shape index (κ3) is 2.72. The van der Waals surface area contributed by atoms with Crippen LogP contribution < -0.4 is 10.5 Å². The maximum atomic E-state index is 12.1. The third-order valence-electron chi connectivity index (χ3n) is 2.12. The van der Waals surface area contributed by atoms with Gasteiger partial charge in [-0.25, -0.2) is 8.42 Å². The van der Waals surface area contributed by atoms with Crippen LogP contribution in [0, 0.1) is 0 Å². The molecule has 8 heteroatoms. The number of sulfonamides is 1. The predicted octanol–water partition coefficient (Wildman–Crippen LogP) is 3.44. The lowest BCUT2D eigenvalue weighted by atomic mass is 10.3. The second-order valence-corrected chi connectivity index (χ2v) is 7.32. The molecule has 0 saturated carbocycles. The monoisotopic (exact) mass is 322 g/mol. The first kappa shape index (κ1) is 13.5. The molecule has 0 aliphatic rings. The Balaban J connectivity index is 2.40. The van der Waals surface area contributed by atoms with Crippen molar-refractivity contribution in [3.8, 4) is 0 Å². The molecule has 96 valence electrons. The number of benzene rings is 1. The highest BCUT2D eigenvalue weighted by Crippen LogP contribution is 2.35. The molecule has 1 aromatic heterocycles. The maximum absolute atomic E-state index is 12.1. The van der Waals surface area contributed by atoms with E-state index < -0.39 is 10.0 Å². The van der Waals surface area contributed by atoms with Crippen LogP contribution >= 0.6 is 34.5 Å². The first-order valence-electron chi connectivity index (χ1n) is 4.72. The molecule has 0 aliphatic carbocycles. The van der Waals surface area contributed by atoms with Crippen LogP contribution in [0.25, 0.3) is 0 Å². The maximum Gasteiger partial charge on any atom is 0.264 e. The van der Waals surface area contributed by atoms with Gasteiger partial charge >= 0.3 is 0 Å².